The molecule has 2 N–H and O–H groups in total. The summed E-state index contributed by atoms with van der Waals surface area (Å²) in [5.74, 6) is 4.14. The monoisotopic (exact) mass is 518 g/mol. The number of ketones is 1. The van der Waals surface area contributed by atoms with Crippen LogP contribution in [0.1, 0.15) is 19.0 Å². The highest BCUT2D eigenvalue weighted by atomic mass is 35.5. The second-order valence-corrected chi connectivity index (χ2v) is 8.29. The van der Waals surface area contributed by atoms with Gasteiger partial charge in [-0.25, -0.2) is 23.4 Å². The fourth-order valence-corrected chi connectivity index (χ4v) is 3.91. The SMILES string of the molecule is CC(=O)CCOc1ncccc1Sc1cc(-n2c(=O)cc(C(F)(F)F)n(N)c2=O)c(F)cc1Cl. The molecule has 0 unspecified atom stereocenters. The predicted molar refractivity (Wildman–Crippen MR) is 116 cm³/mol. The van der Waals surface area contributed by atoms with Crippen molar-refractivity contribution in [2.75, 3.05) is 12.4 Å². The highest BCUT2D eigenvalue weighted by Gasteiger charge is 2.36. The Morgan fingerprint density at radius 1 is 1.24 bits per heavy atom. The molecule has 2 aromatic heterocycles. The van der Waals surface area contributed by atoms with Crippen LogP contribution in [0.25, 0.3) is 5.69 Å². The van der Waals surface area contributed by atoms with E-state index in [0.29, 0.717) is 4.90 Å². The Kier molecular flexibility index (Phi) is 7.36. The van der Waals surface area contributed by atoms with Crippen LogP contribution in [-0.4, -0.2) is 26.6 Å². The molecule has 0 aliphatic heterocycles. The summed E-state index contributed by atoms with van der Waals surface area (Å²) in [6, 6.07) is 5.08. The maximum absolute atomic E-state index is 14.7. The van der Waals surface area contributed by atoms with Crippen molar-refractivity contribution in [1.82, 2.24) is 14.2 Å². The normalized spacial score (nSPS) is 11.5. The number of nitrogens with zero attached hydrogens (tertiary/aromatic N) is 3. The number of carbonyl (C=O) groups is 1. The van der Waals surface area contributed by atoms with Gasteiger partial charge >= 0.3 is 11.9 Å². The lowest BCUT2D eigenvalue weighted by Gasteiger charge is -2.15. The van der Waals surface area contributed by atoms with Gasteiger partial charge < -0.3 is 10.6 Å². The van der Waals surface area contributed by atoms with E-state index < -0.39 is 34.6 Å². The zero-order valence-corrected chi connectivity index (χ0v) is 18.8. The summed E-state index contributed by atoms with van der Waals surface area (Å²) in [4.78, 5) is 40.5. The fraction of sp³-hybridized carbons (Fsp3) is 0.200. The molecule has 0 saturated carbocycles. The second kappa shape index (κ2) is 9.89. The molecule has 0 amide bonds. The molecular weight excluding hydrogens is 504 g/mol. The Balaban J connectivity index is 2.07. The van der Waals surface area contributed by atoms with Gasteiger partial charge in [0, 0.05) is 23.6 Å². The third kappa shape index (κ3) is 5.42. The maximum Gasteiger partial charge on any atom is 0.433 e. The first-order chi connectivity index (χ1) is 15.9. The summed E-state index contributed by atoms with van der Waals surface area (Å²) >= 11 is 7.06. The molecule has 0 aliphatic rings. The van der Waals surface area contributed by atoms with Gasteiger partial charge in [-0.3, -0.25) is 9.59 Å². The number of hydrogen-bond donors (Lipinski definition) is 1. The van der Waals surface area contributed by atoms with Gasteiger partial charge in [-0.2, -0.15) is 13.2 Å². The van der Waals surface area contributed by atoms with Gasteiger partial charge in [-0.15, -0.1) is 0 Å². The van der Waals surface area contributed by atoms with E-state index in [2.05, 4.69) is 4.98 Å². The summed E-state index contributed by atoms with van der Waals surface area (Å²) in [5.41, 5.74) is -5.39. The van der Waals surface area contributed by atoms with Gasteiger partial charge in [-0.1, -0.05) is 23.4 Å². The molecule has 8 nitrogen and oxygen atoms in total. The molecule has 14 heteroatoms. The van der Waals surface area contributed by atoms with E-state index in [4.69, 9.17) is 22.2 Å². The van der Waals surface area contributed by atoms with Crippen LogP contribution in [0.4, 0.5) is 17.6 Å². The lowest BCUT2D eigenvalue weighted by molar-refractivity contribution is -0.143. The van der Waals surface area contributed by atoms with Crippen LogP contribution in [0.2, 0.25) is 5.02 Å². The highest BCUT2D eigenvalue weighted by Crippen LogP contribution is 2.39. The molecule has 1 aromatic carbocycles. The lowest BCUT2D eigenvalue weighted by Crippen LogP contribution is -2.45. The Morgan fingerprint density at radius 3 is 2.59 bits per heavy atom. The van der Waals surface area contributed by atoms with E-state index in [-0.39, 0.29) is 49.9 Å². The Labute approximate surface area is 197 Å². The summed E-state index contributed by atoms with van der Waals surface area (Å²) in [6.45, 7) is 1.45. The molecule has 0 spiro atoms. The molecule has 180 valence electrons. The molecule has 34 heavy (non-hydrogen) atoms. The lowest BCUT2D eigenvalue weighted by atomic mass is 10.3. The van der Waals surface area contributed by atoms with Crippen LogP contribution in [-0.2, 0) is 11.0 Å². The topological polar surface area (TPSA) is 109 Å². The number of hydrogen-bond acceptors (Lipinski definition) is 7. The molecule has 0 atom stereocenters. The average Bonchev–Trinajstić information content (AvgIpc) is 2.74. The molecule has 0 aliphatic carbocycles. The van der Waals surface area contributed by atoms with E-state index in [0.717, 1.165) is 23.9 Å². The highest BCUT2D eigenvalue weighted by molar-refractivity contribution is 7.99. The number of alkyl halides is 3. The second-order valence-electron chi connectivity index (χ2n) is 6.80. The Hall–Kier alpha value is -3.32. The van der Waals surface area contributed by atoms with Crippen molar-refractivity contribution < 1.29 is 27.1 Å². The van der Waals surface area contributed by atoms with Crippen molar-refractivity contribution in [2.45, 2.75) is 29.3 Å². The number of nitrogen functional groups attached to an aromatic ring is 1. The quantitative estimate of drug-likeness (QED) is 0.377. The zero-order valence-electron chi connectivity index (χ0n) is 17.2. The zero-order chi connectivity index (χ0) is 25.2. The van der Waals surface area contributed by atoms with Gasteiger partial charge in [0.05, 0.1) is 22.2 Å². The van der Waals surface area contributed by atoms with Crippen molar-refractivity contribution in [3.63, 3.8) is 0 Å². The molecular formula is C20H15ClF4N4O4S. The molecule has 0 saturated heterocycles. The van der Waals surface area contributed by atoms with E-state index in [1.54, 1.807) is 12.1 Å². The average molecular weight is 519 g/mol. The van der Waals surface area contributed by atoms with Crippen molar-refractivity contribution in [2.24, 2.45) is 0 Å². The summed E-state index contributed by atoms with van der Waals surface area (Å²) < 4.78 is 59.1. The Bertz CT molecular complexity index is 1370. The largest absolute Gasteiger partial charge is 0.476 e. The first-order valence-corrected chi connectivity index (χ1v) is 10.6. The summed E-state index contributed by atoms with van der Waals surface area (Å²) in [5, 5.41) is -0.113. The van der Waals surface area contributed by atoms with E-state index in [9.17, 15) is 31.9 Å². The number of ether oxygens (including phenoxy) is 1. The molecule has 0 fully saturated rings. The van der Waals surface area contributed by atoms with Crippen LogP contribution in [0.3, 0.4) is 0 Å². The van der Waals surface area contributed by atoms with E-state index >= 15 is 0 Å². The molecule has 0 bridgehead atoms. The van der Waals surface area contributed by atoms with Gasteiger partial charge in [0.15, 0.2) is 5.69 Å². The van der Waals surface area contributed by atoms with E-state index in [1.807, 2.05) is 0 Å². The van der Waals surface area contributed by atoms with Crippen molar-refractivity contribution in [3.05, 3.63) is 73.9 Å². The van der Waals surface area contributed by atoms with Gasteiger partial charge in [0.2, 0.25) is 5.88 Å². The minimum atomic E-state index is -5.08. The van der Waals surface area contributed by atoms with E-state index in [1.165, 1.54) is 13.1 Å². The number of halogens is 5. The fourth-order valence-electron chi connectivity index (χ4n) is 2.74. The molecule has 3 rings (SSSR count). The number of pyridine rings is 1. The van der Waals surface area contributed by atoms with Gasteiger partial charge in [0.1, 0.15) is 11.6 Å². The Morgan fingerprint density at radius 2 is 1.94 bits per heavy atom. The number of aromatic nitrogens is 3. The van der Waals surface area contributed by atoms with Crippen LogP contribution in [0.5, 0.6) is 5.88 Å². The molecule has 2 heterocycles. The molecule has 0 radical (unpaired) electrons. The maximum atomic E-state index is 14.7. The summed E-state index contributed by atoms with van der Waals surface area (Å²) in [7, 11) is 0. The first kappa shape index (κ1) is 25.3. The third-order valence-electron chi connectivity index (χ3n) is 4.32. The minimum absolute atomic E-state index is 0.0549. The van der Waals surface area contributed by atoms with Gasteiger partial charge in [-0.05, 0) is 31.2 Å². The van der Waals surface area contributed by atoms with Crippen molar-refractivity contribution in [1.29, 1.82) is 0 Å². The standard InChI is InChI=1S/C20H15ClF4N4O4S/c1-10(30)4-6-33-18-14(3-2-5-27-18)34-15-8-13(12(22)7-11(15)21)28-17(31)9-16(20(23,24)25)29(26)19(28)32/h2-3,5,7-9H,4,6,26H2,1H3. The number of Topliss-reactive ketones (excluding diaryl/α,β-unsaturated/α-hetero) is 1. The number of nitrogens with two attached hydrogens (primary N) is 1. The van der Waals surface area contributed by atoms with Crippen LogP contribution in [0, 0.1) is 5.82 Å². The van der Waals surface area contributed by atoms with Crippen molar-refractivity contribution >= 4 is 29.1 Å². The van der Waals surface area contributed by atoms with Crippen molar-refractivity contribution in [3.8, 4) is 11.6 Å². The summed E-state index contributed by atoms with van der Waals surface area (Å²) in [6.07, 6.45) is -3.49. The van der Waals surface area contributed by atoms with Crippen LogP contribution < -0.4 is 21.8 Å². The minimum Gasteiger partial charge on any atom is -0.476 e. The van der Waals surface area contributed by atoms with Gasteiger partial charge in [0.25, 0.3) is 5.56 Å². The number of benzene rings is 1. The first-order valence-electron chi connectivity index (χ1n) is 9.36. The smallest absolute Gasteiger partial charge is 0.433 e. The predicted octanol–water partition coefficient (Wildman–Crippen LogP) is 3.43. The third-order valence-corrected chi connectivity index (χ3v) is 5.83. The number of rotatable bonds is 7. The van der Waals surface area contributed by atoms with Crippen LogP contribution >= 0.6 is 23.4 Å². The van der Waals surface area contributed by atoms with Crippen LogP contribution in [0.15, 0.2) is 55.9 Å². The molecule has 3 aromatic rings. The number of carbonyl (C=O) groups excluding carboxylic acids is 1.